The zero-order chi connectivity index (χ0) is 12.2. The van der Waals surface area contributed by atoms with E-state index in [1.54, 1.807) is 7.11 Å². The number of ether oxygens (including phenoxy) is 1. The van der Waals surface area contributed by atoms with Crippen LogP contribution in [0.4, 0.5) is 0 Å². The molecule has 1 heteroatoms. The quantitative estimate of drug-likeness (QED) is 0.724. The van der Waals surface area contributed by atoms with Gasteiger partial charge in [0.15, 0.2) is 0 Å². The van der Waals surface area contributed by atoms with E-state index in [2.05, 4.69) is 45.9 Å². The fourth-order valence-corrected chi connectivity index (χ4v) is 1.83. The maximum absolute atomic E-state index is 5.18. The van der Waals surface area contributed by atoms with Crippen LogP contribution in [0.3, 0.4) is 0 Å². The van der Waals surface area contributed by atoms with Gasteiger partial charge >= 0.3 is 0 Å². The van der Waals surface area contributed by atoms with E-state index in [0.29, 0.717) is 0 Å². The van der Waals surface area contributed by atoms with Crippen molar-refractivity contribution in [3.63, 3.8) is 0 Å². The lowest BCUT2D eigenvalue weighted by Gasteiger charge is -2.23. The summed E-state index contributed by atoms with van der Waals surface area (Å²) in [6.45, 7) is 8.92. The second kappa shape index (κ2) is 5.20. The van der Waals surface area contributed by atoms with Gasteiger partial charge in [-0.25, -0.2) is 0 Å². The van der Waals surface area contributed by atoms with Gasteiger partial charge in [0.2, 0.25) is 0 Å². The molecular formula is C15H22O. The highest BCUT2D eigenvalue weighted by Crippen LogP contribution is 2.34. The number of rotatable bonds is 3. The van der Waals surface area contributed by atoms with E-state index in [0.717, 1.165) is 12.2 Å². The number of methoxy groups -OCH3 is 1. The van der Waals surface area contributed by atoms with Gasteiger partial charge in [-0.3, -0.25) is 0 Å². The molecule has 0 aliphatic rings. The molecule has 16 heavy (non-hydrogen) atoms. The Kier molecular flexibility index (Phi) is 4.17. The first-order valence-electron chi connectivity index (χ1n) is 5.84. The Hall–Kier alpha value is -1.24. The molecule has 0 N–H and O–H groups in total. The second-order valence-corrected chi connectivity index (χ2v) is 5.00. The van der Waals surface area contributed by atoms with Crippen molar-refractivity contribution in [3.8, 4) is 5.75 Å². The van der Waals surface area contributed by atoms with E-state index in [1.165, 1.54) is 11.1 Å². The van der Waals surface area contributed by atoms with Crippen molar-refractivity contribution in [1.82, 2.24) is 0 Å². The average Bonchev–Trinajstić information content (AvgIpc) is 2.25. The highest BCUT2D eigenvalue weighted by molar-refractivity contribution is 5.69. The first kappa shape index (κ1) is 12.8. The molecule has 1 rings (SSSR count). The van der Waals surface area contributed by atoms with Gasteiger partial charge in [0.1, 0.15) is 5.75 Å². The van der Waals surface area contributed by atoms with Gasteiger partial charge < -0.3 is 4.74 Å². The summed E-state index contributed by atoms with van der Waals surface area (Å²) in [4.78, 5) is 0. The molecule has 1 aromatic rings. The van der Waals surface area contributed by atoms with Gasteiger partial charge in [0, 0.05) is 0 Å². The van der Waals surface area contributed by atoms with Crippen LogP contribution in [0.25, 0.3) is 5.57 Å². The minimum atomic E-state index is 0.185. The van der Waals surface area contributed by atoms with E-state index in [1.807, 2.05) is 12.1 Å². The lowest BCUT2D eigenvalue weighted by molar-refractivity contribution is 0.414. The van der Waals surface area contributed by atoms with Crippen molar-refractivity contribution >= 4 is 5.57 Å². The van der Waals surface area contributed by atoms with Gasteiger partial charge in [-0.2, -0.15) is 0 Å². The maximum Gasteiger partial charge on any atom is 0.118 e. The van der Waals surface area contributed by atoms with Crippen LogP contribution in [0.2, 0.25) is 0 Å². The van der Waals surface area contributed by atoms with E-state index in [-0.39, 0.29) is 5.41 Å². The number of allylic oxidation sites excluding steroid dienone is 2. The van der Waals surface area contributed by atoms with Crippen LogP contribution in [0, 0.1) is 5.41 Å². The first-order chi connectivity index (χ1) is 7.49. The Morgan fingerprint density at radius 1 is 1.19 bits per heavy atom. The largest absolute Gasteiger partial charge is 0.497 e. The fraction of sp³-hybridized carbons (Fsp3) is 0.467. The molecule has 88 valence electrons. The molecule has 0 saturated heterocycles. The highest BCUT2D eigenvalue weighted by Gasteiger charge is 2.17. The Balaban J connectivity index is 3.08. The standard InChI is InChI=1S/C15H22O/c1-6-7-14(15(2,3)4)12-8-10-13(16-5)11-9-12/h7-11H,6H2,1-5H3/b14-7+. The minimum absolute atomic E-state index is 0.185. The summed E-state index contributed by atoms with van der Waals surface area (Å²) in [6.07, 6.45) is 3.38. The molecule has 0 radical (unpaired) electrons. The van der Waals surface area contributed by atoms with Crippen molar-refractivity contribution in [3.05, 3.63) is 35.9 Å². The van der Waals surface area contributed by atoms with E-state index in [9.17, 15) is 0 Å². The average molecular weight is 218 g/mol. The molecule has 0 atom stereocenters. The molecular weight excluding hydrogens is 196 g/mol. The van der Waals surface area contributed by atoms with Crippen molar-refractivity contribution in [2.75, 3.05) is 7.11 Å². The molecule has 0 aliphatic heterocycles. The zero-order valence-corrected chi connectivity index (χ0v) is 11.0. The third-order valence-electron chi connectivity index (χ3n) is 2.62. The van der Waals surface area contributed by atoms with Gasteiger partial charge in [-0.1, -0.05) is 45.9 Å². The van der Waals surface area contributed by atoms with Gasteiger partial charge in [0.05, 0.1) is 7.11 Å². The topological polar surface area (TPSA) is 9.23 Å². The summed E-state index contributed by atoms with van der Waals surface area (Å²) in [6, 6.07) is 8.30. The van der Waals surface area contributed by atoms with Crippen LogP contribution in [-0.2, 0) is 0 Å². The third kappa shape index (κ3) is 3.13. The maximum atomic E-state index is 5.18. The van der Waals surface area contributed by atoms with E-state index in [4.69, 9.17) is 4.74 Å². The molecule has 0 heterocycles. The van der Waals surface area contributed by atoms with Crippen LogP contribution >= 0.6 is 0 Å². The summed E-state index contributed by atoms with van der Waals surface area (Å²) in [7, 11) is 1.70. The minimum Gasteiger partial charge on any atom is -0.497 e. The molecule has 0 aliphatic carbocycles. The zero-order valence-electron chi connectivity index (χ0n) is 11.0. The normalized spacial score (nSPS) is 12.7. The van der Waals surface area contributed by atoms with Crippen molar-refractivity contribution < 1.29 is 4.74 Å². The predicted molar refractivity (Wildman–Crippen MR) is 70.7 cm³/mol. The highest BCUT2D eigenvalue weighted by atomic mass is 16.5. The molecule has 0 bridgehead atoms. The molecule has 0 fully saturated rings. The smallest absolute Gasteiger partial charge is 0.118 e. The lowest BCUT2D eigenvalue weighted by Crippen LogP contribution is -2.08. The lowest BCUT2D eigenvalue weighted by atomic mass is 9.81. The Bertz CT molecular complexity index is 352. The summed E-state index contributed by atoms with van der Waals surface area (Å²) in [5.74, 6) is 0.911. The molecule has 0 amide bonds. The second-order valence-electron chi connectivity index (χ2n) is 5.00. The van der Waals surface area contributed by atoms with Crippen molar-refractivity contribution in [2.45, 2.75) is 34.1 Å². The molecule has 0 unspecified atom stereocenters. The molecule has 1 nitrogen and oxygen atoms in total. The van der Waals surface area contributed by atoms with Crippen LogP contribution < -0.4 is 4.74 Å². The summed E-state index contributed by atoms with van der Waals surface area (Å²) in [5, 5.41) is 0. The number of hydrogen-bond donors (Lipinski definition) is 0. The first-order valence-corrected chi connectivity index (χ1v) is 5.84. The Labute approximate surface area is 99.1 Å². The summed E-state index contributed by atoms with van der Waals surface area (Å²) in [5.41, 5.74) is 2.87. The molecule has 0 saturated carbocycles. The number of hydrogen-bond acceptors (Lipinski definition) is 1. The van der Waals surface area contributed by atoms with Crippen LogP contribution in [0.5, 0.6) is 5.75 Å². The third-order valence-corrected chi connectivity index (χ3v) is 2.62. The molecule has 0 aromatic heterocycles. The van der Waals surface area contributed by atoms with Crippen LogP contribution in [-0.4, -0.2) is 7.11 Å². The number of benzene rings is 1. The van der Waals surface area contributed by atoms with Gasteiger partial charge in [0.25, 0.3) is 0 Å². The van der Waals surface area contributed by atoms with Crippen molar-refractivity contribution in [1.29, 1.82) is 0 Å². The monoisotopic (exact) mass is 218 g/mol. The predicted octanol–water partition coefficient (Wildman–Crippen LogP) is 4.53. The SMILES string of the molecule is CC/C=C(\c1ccc(OC)cc1)C(C)(C)C. The van der Waals surface area contributed by atoms with E-state index >= 15 is 0 Å². The Morgan fingerprint density at radius 2 is 1.75 bits per heavy atom. The Morgan fingerprint density at radius 3 is 2.12 bits per heavy atom. The molecule has 0 spiro atoms. The van der Waals surface area contributed by atoms with Gasteiger partial charge in [-0.15, -0.1) is 0 Å². The molecule has 1 aromatic carbocycles. The summed E-state index contributed by atoms with van der Waals surface area (Å²) < 4.78 is 5.18. The van der Waals surface area contributed by atoms with Gasteiger partial charge in [-0.05, 0) is 35.1 Å². The summed E-state index contributed by atoms with van der Waals surface area (Å²) >= 11 is 0. The van der Waals surface area contributed by atoms with E-state index < -0.39 is 0 Å². The van der Waals surface area contributed by atoms with Crippen LogP contribution in [0.15, 0.2) is 30.3 Å². The fourth-order valence-electron chi connectivity index (χ4n) is 1.83. The van der Waals surface area contributed by atoms with Crippen molar-refractivity contribution in [2.24, 2.45) is 5.41 Å². The van der Waals surface area contributed by atoms with Crippen LogP contribution in [0.1, 0.15) is 39.7 Å².